The summed E-state index contributed by atoms with van der Waals surface area (Å²) >= 11 is 0. The minimum atomic E-state index is 0.616. The van der Waals surface area contributed by atoms with E-state index in [2.05, 4.69) is 39.8 Å². The van der Waals surface area contributed by atoms with Crippen LogP contribution < -0.4 is 10.6 Å². The van der Waals surface area contributed by atoms with E-state index in [0.29, 0.717) is 6.04 Å². The molecule has 4 nitrogen and oxygen atoms in total. The lowest BCUT2D eigenvalue weighted by Gasteiger charge is -2.26. The average molecular weight is 289 g/mol. The van der Waals surface area contributed by atoms with Gasteiger partial charge >= 0.3 is 0 Å². The number of benzene rings is 1. The minimum Gasteiger partial charge on any atom is -0.382 e. The highest BCUT2D eigenvalue weighted by molar-refractivity contribution is 5.45. The van der Waals surface area contributed by atoms with Gasteiger partial charge in [0.1, 0.15) is 0 Å². The summed E-state index contributed by atoms with van der Waals surface area (Å²) in [5, 5.41) is 7.14. The first-order valence-electron chi connectivity index (χ1n) is 8.26. The molecule has 0 radical (unpaired) electrons. The van der Waals surface area contributed by atoms with Crippen molar-refractivity contribution < 1.29 is 4.74 Å². The van der Waals surface area contributed by atoms with E-state index < -0.39 is 0 Å². The van der Waals surface area contributed by atoms with Gasteiger partial charge in [-0.15, -0.1) is 0 Å². The molecule has 1 atom stereocenters. The number of ether oxygens (including phenoxy) is 1. The van der Waals surface area contributed by atoms with Crippen molar-refractivity contribution in [1.82, 2.24) is 10.2 Å². The molecule has 1 aromatic carbocycles. The van der Waals surface area contributed by atoms with Crippen LogP contribution in [0.4, 0.5) is 5.69 Å². The van der Waals surface area contributed by atoms with E-state index in [4.69, 9.17) is 4.74 Å². The molecule has 2 saturated heterocycles. The SMILES string of the molecule is c1cc(NC2CCCNCC2)ccc1CN1CCOCC1. The van der Waals surface area contributed by atoms with Crippen molar-refractivity contribution in [3.63, 3.8) is 0 Å². The van der Waals surface area contributed by atoms with Gasteiger partial charge in [0.2, 0.25) is 0 Å². The van der Waals surface area contributed by atoms with Crippen molar-refractivity contribution in [2.24, 2.45) is 0 Å². The lowest BCUT2D eigenvalue weighted by Crippen LogP contribution is -2.35. The van der Waals surface area contributed by atoms with Gasteiger partial charge in [0.15, 0.2) is 0 Å². The molecular weight excluding hydrogens is 262 g/mol. The van der Waals surface area contributed by atoms with Gasteiger partial charge in [-0.1, -0.05) is 12.1 Å². The lowest BCUT2D eigenvalue weighted by atomic mass is 10.1. The Balaban J connectivity index is 1.50. The van der Waals surface area contributed by atoms with E-state index in [1.165, 1.54) is 30.5 Å². The number of nitrogens with one attached hydrogen (secondary N) is 2. The summed E-state index contributed by atoms with van der Waals surface area (Å²) in [6.45, 7) is 7.18. The molecule has 2 N–H and O–H groups in total. The normalized spacial score (nSPS) is 24.5. The summed E-state index contributed by atoms with van der Waals surface area (Å²) in [4.78, 5) is 2.46. The van der Waals surface area contributed by atoms with Gasteiger partial charge in [-0.2, -0.15) is 0 Å². The van der Waals surface area contributed by atoms with Crippen LogP contribution in [0.2, 0.25) is 0 Å². The first-order chi connectivity index (χ1) is 10.4. The van der Waals surface area contributed by atoms with Gasteiger partial charge in [0, 0.05) is 31.4 Å². The van der Waals surface area contributed by atoms with Gasteiger partial charge < -0.3 is 15.4 Å². The third kappa shape index (κ3) is 4.70. The number of hydrogen-bond acceptors (Lipinski definition) is 4. The Morgan fingerprint density at radius 1 is 1.10 bits per heavy atom. The van der Waals surface area contributed by atoms with E-state index >= 15 is 0 Å². The topological polar surface area (TPSA) is 36.5 Å². The van der Waals surface area contributed by atoms with Crippen LogP contribution >= 0.6 is 0 Å². The number of nitrogens with zero attached hydrogens (tertiary/aromatic N) is 1. The quantitative estimate of drug-likeness (QED) is 0.890. The summed E-state index contributed by atoms with van der Waals surface area (Å²) in [6, 6.07) is 9.59. The molecule has 4 heteroatoms. The van der Waals surface area contributed by atoms with Crippen molar-refractivity contribution in [3.8, 4) is 0 Å². The molecule has 116 valence electrons. The zero-order valence-electron chi connectivity index (χ0n) is 12.8. The number of anilines is 1. The highest BCUT2D eigenvalue weighted by Crippen LogP contribution is 2.16. The smallest absolute Gasteiger partial charge is 0.0594 e. The Morgan fingerprint density at radius 3 is 2.71 bits per heavy atom. The maximum Gasteiger partial charge on any atom is 0.0594 e. The zero-order chi connectivity index (χ0) is 14.3. The fourth-order valence-corrected chi connectivity index (χ4v) is 3.12. The molecule has 0 aliphatic carbocycles. The van der Waals surface area contributed by atoms with Crippen LogP contribution in [0.1, 0.15) is 24.8 Å². The molecular formula is C17H27N3O. The highest BCUT2D eigenvalue weighted by Gasteiger charge is 2.12. The Labute approximate surface area is 127 Å². The van der Waals surface area contributed by atoms with E-state index in [9.17, 15) is 0 Å². The second-order valence-electron chi connectivity index (χ2n) is 6.11. The van der Waals surface area contributed by atoms with Gasteiger partial charge in [-0.05, 0) is 50.0 Å². The molecule has 0 saturated carbocycles. The zero-order valence-corrected chi connectivity index (χ0v) is 12.8. The fourth-order valence-electron chi connectivity index (χ4n) is 3.12. The first kappa shape index (κ1) is 14.8. The molecule has 0 amide bonds. The predicted octanol–water partition coefficient (Wildman–Crippen LogP) is 2.07. The molecule has 1 unspecified atom stereocenters. The minimum absolute atomic E-state index is 0.616. The lowest BCUT2D eigenvalue weighted by molar-refractivity contribution is 0.0342. The molecule has 3 rings (SSSR count). The molecule has 1 aromatic rings. The maximum atomic E-state index is 5.39. The molecule has 2 aliphatic rings. The standard InChI is InChI=1S/C17H27N3O/c1-2-16(7-9-18-8-1)19-17-5-3-15(4-6-17)14-20-10-12-21-13-11-20/h3-6,16,18-19H,1-2,7-14H2. The van der Waals surface area contributed by atoms with Gasteiger partial charge in [0.05, 0.1) is 13.2 Å². The molecule has 0 aromatic heterocycles. The predicted molar refractivity (Wildman–Crippen MR) is 86.7 cm³/mol. The van der Waals surface area contributed by atoms with Gasteiger partial charge in [-0.25, -0.2) is 0 Å². The second-order valence-corrected chi connectivity index (χ2v) is 6.11. The van der Waals surface area contributed by atoms with Crippen LogP contribution in [0.15, 0.2) is 24.3 Å². The first-order valence-corrected chi connectivity index (χ1v) is 8.26. The summed E-state index contributed by atoms with van der Waals surface area (Å²) in [5.74, 6) is 0. The number of rotatable bonds is 4. The van der Waals surface area contributed by atoms with Gasteiger partial charge in [-0.3, -0.25) is 4.90 Å². The monoisotopic (exact) mass is 289 g/mol. The number of morpholine rings is 1. The van der Waals surface area contributed by atoms with Crippen LogP contribution in [0.25, 0.3) is 0 Å². The van der Waals surface area contributed by atoms with E-state index in [-0.39, 0.29) is 0 Å². The molecule has 0 spiro atoms. The molecule has 2 aliphatic heterocycles. The van der Waals surface area contributed by atoms with Crippen molar-refractivity contribution in [3.05, 3.63) is 29.8 Å². The second kappa shape index (κ2) is 7.78. The van der Waals surface area contributed by atoms with Crippen LogP contribution in [-0.2, 0) is 11.3 Å². The van der Waals surface area contributed by atoms with Gasteiger partial charge in [0.25, 0.3) is 0 Å². The molecule has 0 bridgehead atoms. The van der Waals surface area contributed by atoms with E-state index in [0.717, 1.165) is 45.9 Å². The van der Waals surface area contributed by atoms with Crippen LogP contribution in [0, 0.1) is 0 Å². The van der Waals surface area contributed by atoms with Crippen molar-refractivity contribution >= 4 is 5.69 Å². The van der Waals surface area contributed by atoms with E-state index in [1.54, 1.807) is 0 Å². The number of hydrogen-bond donors (Lipinski definition) is 2. The Bertz CT molecular complexity index is 407. The van der Waals surface area contributed by atoms with Crippen molar-refractivity contribution in [1.29, 1.82) is 0 Å². The fraction of sp³-hybridized carbons (Fsp3) is 0.647. The third-order valence-electron chi connectivity index (χ3n) is 4.41. The molecule has 21 heavy (non-hydrogen) atoms. The Hall–Kier alpha value is -1.10. The van der Waals surface area contributed by atoms with E-state index in [1.807, 2.05) is 0 Å². The van der Waals surface area contributed by atoms with Crippen LogP contribution in [-0.4, -0.2) is 50.3 Å². The average Bonchev–Trinajstić information content (AvgIpc) is 2.79. The Kier molecular flexibility index (Phi) is 5.49. The Morgan fingerprint density at radius 2 is 1.90 bits per heavy atom. The molecule has 2 fully saturated rings. The maximum absolute atomic E-state index is 5.39. The highest BCUT2D eigenvalue weighted by atomic mass is 16.5. The molecule has 2 heterocycles. The summed E-state index contributed by atoms with van der Waals surface area (Å²) < 4.78 is 5.39. The third-order valence-corrected chi connectivity index (χ3v) is 4.41. The van der Waals surface area contributed by atoms with Crippen molar-refractivity contribution in [2.45, 2.75) is 31.8 Å². The van der Waals surface area contributed by atoms with Crippen LogP contribution in [0.3, 0.4) is 0 Å². The summed E-state index contributed by atoms with van der Waals surface area (Å²) in [5.41, 5.74) is 2.65. The van der Waals surface area contributed by atoms with Crippen LogP contribution in [0.5, 0.6) is 0 Å². The summed E-state index contributed by atoms with van der Waals surface area (Å²) in [6.07, 6.45) is 3.75. The largest absolute Gasteiger partial charge is 0.382 e. The van der Waals surface area contributed by atoms with Crippen molar-refractivity contribution in [2.75, 3.05) is 44.7 Å². The summed E-state index contributed by atoms with van der Waals surface area (Å²) in [7, 11) is 0.